The van der Waals surface area contributed by atoms with Crippen molar-refractivity contribution in [3.05, 3.63) is 11.8 Å². The lowest BCUT2D eigenvalue weighted by Gasteiger charge is -2.13. The summed E-state index contributed by atoms with van der Waals surface area (Å²) in [4.78, 5) is 19.2. The molecule has 2 N–H and O–H groups in total. The second-order valence-electron chi connectivity index (χ2n) is 3.94. The van der Waals surface area contributed by atoms with Crippen molar-refractivity contribution >= 4 is 23.5 Å². The average Bonchev–Trinajstić information content (AvgIpc) is 2.88. The molecule has 0 spiro atoms. The highest BCUT2D eigenvalue weighted by Gasteiger charge is 2.18. The van der Waals surface area contributed by atoms with Crippen LogP contribution < -0.4 is 5.32 Å². The molecule has 0 aromatic carbocycles. The van der Waals surface area contributed by atoms with E-state index in [2.05, 4.69) is 15.3 Å². The van der Waals surface area contributed by atoms with Gasteiger partial charge in [0.2, 0.25) is 0 Å². The van der Waals surface area contributed by atoms with Crippen LogP contribution in [0.5, 0.6) is 0 Å². The molecular weight excluding hydrogens is 254 g/mol. The number of ether oxygens (including phenoxy) is 1. The molecule has 18 heavy (non-hydrogen) atoms. The number of hydrogen-bond acceptors (Lipinski definition) is 6. The van der Waals surface area contributed by atoms with E-state index in [-0.39, 0.29) is 11.7 Å². The zero-order valence-corrected chi connectivity index (χ0v) is 10.9. The van der Waals surface area contributed by atoms with Crippen molar-refractivity contribution in [2.24, 2.45) is 0 Å². The molecule has 7 heteroatoms. The van der Waals surface area contributed by atoms with E-state index in [1.807, 2.05) is 6.26 Å². The molecule has 1 fully saturated rings. The Hall–Kier alpha value is -1.34. The number of thioether (sulfide) groups is 1. The summed E-state index contributed by atoms with van der Waals surface area (Å²) in [7, 11) is 0. The van der Waals surface area contributed by atoms with Crippen LogP contribution >= 0.6 is 11.8 Å². The maximum absolute atomic E-state index is 11.1. The molecule has 2 heterocycles. The maximum atomic E-state index is 11.1. The summed E-state index contributed by atoms with van der Waals surface area (Å²) in [6.07, 6.45) is 5.37. The molecule has 1 aromatic heterocycles. The Morgan fingerprint density at radius 2 is 2.56 bits per heavy atom. The summed E-state index contributed by atoms with van der Waals surface area (Å²) < 4.78 is 5.47. The van der Waals surface area contributed by atoms with Crippen molar-refractivity contribution in [2.45, 2.75) is 24.1 Å². The maximum Gasteiger partial charge on any atom is 0.341 e. The number of rotatable bonds is 5. The standard InChI is InChI=1S/C11H15N3O3S/c1-18-11-13-6-8(10(15)16)9(14-11)12-5-7-3-2-4-17-7/h6-7H,2-5H2,1H3,(H,15,16)(H,12,13,14)/t7-/m0/s1. The van der Waals surface area contributed by atoms with E-state index in [4.69, 9.17) is 9.84 Å². The summed E-state index contributed by atoms with van der Waals surface area (Å²) in [6.45, 7) is 1.35. The van der Waals surface area contributed by atoms with Gasteiger partial charge in [0, 0.05) is 19.3 Å². The third-order valence-corrected chi connectivity index (χ3v) is 3.26. The molecule has 1 atom stereocenters. The molecule has 0 radical (unpaired) electrons. The molecule has 1 aromatic rings. The third kappa shape index (κ3) is 3.11. The Kier molecular flexibility index (Phi) is 4.38. The number of carbonyl (C=O) groups is 1. The molecule has 0 bridgehead atoms. The van der Waals surface area contributed by atoms with Crippen molar-refractivity contribution in [1.29, 1.82) is 0 Å². The lowest BCUT2D eigenvalue weighted by Crippen LogP contribution is -2.20. The summed E-state index contributed by atoms with van der Waals surface area (Å²) >= 11 is 1.38. The number of carboxylic acids is 1. The Bertz CT molecular complexity index is 436. The van der Waals surface area contributed by atoms with Crippen LogP contribution in [-0.4, -0.2) is 46.6 Å². The summed E-state index contributed by atoms with van der Waals surface area (Å²) in [5.74, 6) is -0.671. The monoisotopic (exact) mass is 269 g/mol. The first-order chi connectivity index (χ1) is 8.70. The number of hydrogen-bond donors (Lipinski definition) is 2. The average molecular weight is 269 g/mol. The van der Waals surface area contributed by atoms with Gasteiger partial charge < -0.3 is 15.2 Å². The Morgan fingerprint density at radius 1 is 1.72 bits per heavy atom. The van der Waals surface area contributed by atoms with Crippen LogP contribution in [0.25, 0.3) is 0 Å². The number of aromatic carboxylic acids is 1. The summed E-state index contributed by atoms with van der Waals surface area (Å²) in [5.41, 5.74) is 0.0887. The van der Waals surface area contributed by atoms with E-state index in [0.29, 0.717) is 17.5 Å². The van der Waals surface area contributed by atoms with Gasteiger partial charge in [-0.25, -0.2) is 14.8 Å². The molecule has 0 unspecified atom stereocenters. The zero-order chi connectivity index (χ0) is 13.0. The second-order valence-corrected chi connectivity index (χ2v) is 4.71. The highest BCUT2D eigenvalue weighted by molar-refractivity contribution is 7.98. The van der Waals surface area contributed by atoms with Crippen LogP contribution in [0.2, 0.25) is 0 Å². The highest BCUT2D eigenvalue weighted by Crippen LogP contribution is 2.18. The molecular formula is C11H15N3O3S. The van der Waals surface area contributed by atoms with Gasteiger partial charge in [-0.3, -0.25) is 0 Å². The number of nitrogens with zero attached hydrogens (tertiary/aromatic N) is 2. The van der Waals surface area contributed by atoms with Gasteiger partial charge in [-0.05, 0) is 19.1 Å². The van der Waals surface area contributed by atoms with Crippen LogP contribution in [0.4, 0.5) is 5.82 Å². The number of aromatic nitrogens is 2. The Morgan fingerprint density at radius 3 is 3.17 bits per heavy atom. The fourth-order valence-electron chi connectivity index (χ4n) is 1.77. The lowest BCUT2D eigenvalue weighted by atomic mass is 10.2. The topological polar surface area (TPSA) is 84.3 Å². The minimum absolute atomic E-state index is 0.0887. The molecule has 1 saturated heterocycles. The number of carboxylic acid groups (broad SMARTS) is 1. The second kappa shape index (κ2) is 6.01. The molecule has 2 rings (SSSR count). The third-order valence-electron chi connectivity index (χ3n) is 2.70. The van der Waals surface area contributed by atoms with Crippen LogP contribution in [0.1, 0.15) is 23.2 Å². The summed E-state index contributed by atoms with van der Waals surface area (Å²) in [6, 6.07) is 0. The van der Waals surface area contributed by atoms with Gasteiger partial charge in [-0.1, -0.05) is 11.8 Å². The molecule has 6 nitrogen and oxygen atoms in total. The fraction of sp³-hybridized carbons (Fsp3) is 0.545. The molecule has 98 valence electrons. The summed E-state index contributed by atoms with van der Waals surface area (Å²) in [5, 5.41) is 12.7. The smallest absolute Gasteiger partial charge is 0.341 e. The van der Waals surface area contributed by atoms with Gasteiger partial charge in [0.1, 0.15) is 11.4 Å². The normalized spacial score (nSPS) is 18.8. The van der Waals surface area contributed by atoms with E-state index in [1.54, 1.807) is 0 Å². The molecule has 0 saturated carbocycles. The molecule has 1 aliphatic heterocycles. The minimum atomic E-state index is -1.03. The van der Waals surface area contributed by atoms with Gasteiger partial charge in [0.25, 0.3) is 0 Å². The predicted octanol–water partition coefficient (Wildman–Crippen LogP) is 1.49. The molecule has 0 amide bonds. The van der Waals surface area contributed by atoms with Crippen molar-refractivity contribution in [1.82, 2.24) is 9.97 Å². The van der Waals surface area contributed by atoms with Gasteiger partial charge in [0.15, 0.2) is 5.16 Å². The van der Waals surface area contributed by atoms with E-state index in [9.17, 15) is 4.79 Å². The molecule has 1 aliphatic rings. The van der Waals surface area contributed by atoms with Gasteiger partial charge in [0.05, 0.1) is 6.10 Å². The van der Waals surface area contributed by atoms with E-state index >= 15 is 0 Å². The van der Waals surface area contributed by atoms with Crippen molar-refractivity contribution in [3.8, 4) is 0 Å². The van der Waals surface area contributed by atoms with Gasteiger partial charge >= 0.3 is 5.97 Å². The predicted molar refractivity (Wildman–Crippen MR) is 68.2 cm³/mol. The van der Waals surface area contributed by atoms with Gasteiger partial charge in [-0.15, -0.1) is 0 Å². The van der Waals surface area contributed by atoms with Crippen LogP contribution in [0, 0.1) is 0 Å². The number of nitrogens with one attached hydrogen (secondary N) is 1. The van der Waals surface area contributed by atoms with Crippen LogP contribution in [0.3, 0.4) is 0 Å². The van der Waals surface area contributed by atoms with Crippen LogP contribution in [0.15, 0.2) is 11.4 Å². The van der Waals surface area contributed by atoms with E-state index in [1.165, 1.54) is 18.0 Å². The number of anilines is 1. The van der Waals surface area contributed by atoms with Crippen molar-refractivity contribution < 1.29 is 14.6 Å². The van der Waals surface area contributed by atoms with Crippen LogP contribution in [-0.2, 0) is 4.74 Å². The van der Waals surface area contributed by atoms with E-state index < -0.39 is 5.97 Å². The lowest BCUT2D eigenvalue weighted by molar-refractivity contribution is 0.0696. The largest absolute Gasteiger partial charge is 0.477 e. The first-order valence-corrected chi connectivity index (χ1v) is 6.93. The minimum Gasteiger partial charge on any atom is -0.477 e. The highest BCUT2D eigenvalue weighted by atomic mass is 32.2. The van der Waals surface area contributed by atoms with Crippen molar-refractivity contribution in [3.63, 3.8) is 0 Å². The quantitative estimate of drug-likeness (QED) is 0.618. The SMILES string of the molecule is CSc1ncc(C(=O)O)c(NC[C@@H]2CCCO2)n1. The first-order valence-electron chi connectivity index (χ1n) is 5.70. The van der Waals surface area contributed by atoms with Crippen molar-refractivity contribution in [2.75, 3.05) is 24.7 Å². The molecule has 0 aliphatic carbocycles. The Balaban J connectivity index is 2.10. The fourth-order valence-corrected chi connectivity index (χ4v) is 2.11. The van der Waals surface area contributed by atoms with Gasteiger partial charge in [-0.2, -0.15) is 0 Å². The zero-order valence-electron chi connectivity index (χ0n) is 10.0. The first kappa shape index (κ1) is 13.1. The Labute approximate surface area is 109 Å². The van der Waals surface area contributed by atoms with E-state index in [0.717, 1.165) is 19.4 Å².